The lowest BCUT2D eigenvalue weighted by atomic mass is 10.1. The molecule has 0 fully saturated rings. The molecule has 0 heterocycles. The second-order valence-corrected chi connectivity index (χ2v) is 6.40. The molecule has 25 heavy (non-hydrogen) atoms. The highest BCUT2D eigenvalue weighted by atomic mass is 79.9. The standard InChI is InChI=1S/C19H22BrNO4/c1-3-24-17-9-14(10-21-11-18(22)23)8-16(20)19(17)25-12-15-7-5-4-6-13(15)2/h4-9,21H,3,10-12H2,1-2H3,(H,22,23). The fourth-order valence-corrected chi connectivity index (χ4v) is 2.97. The molecule has 0 aliphatic heterocycles. The van der Waals surface area contributed by atoms with Gasteiger partial charge in [-0.05, 0) is 58.6 Å². The second kappa shape index (κ2) is 9.44. The van der Waals surface area contributed by atoms with E-state index >= 15 is 0 Å². The van der Waals surface area contributed by atoms with Crippen LogP contribution >= 0.6 is 15.9 Å². The average Bonchev–Trinajstić information content (AvgIpc) is 2.55. The van der Waals surface area contributed by atoms with Crippen LogP contribution in [0.5, 0.6) is 11.5 Å². The lowest BCUT2D eigenvalue weighted by Crippen LogP contribution is -2.21. The van der Waals surface area contributed by atoms with Crippen molar-refractivity contribution in [3.63, 3.8) is 0 Å². The third-order valence-electron chi connectivity index (χ3n) is 3.61. The summed E-state index contributed by atoms with van der Waals surface area (Å²) in [5, 5.41) is 11.6. The molecule has 0 bridgehead atoms. The van der Waals surface area contributed by atoms with Crippen LogP contribution in [0.2, 0.25) is 0 Å². The molecule has 0 aromatic heterocycles. The molecular formula is C19H22BrNO4. The van der Waals surface area contributed by atoms with Crippen molar-refractivity contribution in [2.75, 3.05) is 13.2 Å². The Morgan fingerprint density at radius 2 is 2.00 bits per heavy atom. The zero-order chi connectivity index (χ0) is 18.2. The van der Waals surface area contributed by atoms with Crippen LogP contribution in [0.4, 0.5) is 0 Å². The Morgan fingerprint density at radius 3 is 2.68 bits per heavy atom. The Balaban J connectivity index is 2.15. The van der Waals surface area contributed by atoms with Crippen molar-refractivity contribution in [3.05, 3.63) is 57.6 Å². The van der Waals surface area contributed by atoms with E-state index in [0.29, 0.717) is 31.3 Å². The van der Waals surface area contributed by atoms with Gasteiger partial charge < -0.3 is 19.9 Å². The van der Waals surface area contributed by atoms with Gasteiger partial charge in [0.1, 0.15) is 6.61 Å². The zero-order valence-electron chi connectivity index (χ0n) is 14.3. The molecule has 2 rings (SSSR count). The van der Waals surface area contributed by atoms with Crippen LogP contribution < -0.4 is 14.8 Å². The van der Waals surface area contributed by atoms with E-state index in [1.54, 1.807) is 0 Å². The molecule has 134 valence electrons. The summed E-state index contributed by atoms with van der Waals surface area (Å²) in [6, 6.07) is 11.9. The van der Waals surface area contributed by atoms with E-state index in [1.165, 1.54) is 5.56 Å². The zero-order valence-corrected chi connectivity index (χ0v) is 15.9. The summed E-state index contributed by atoms with van der Waals surface area (Å²) in [7, 11) is 0. The molecule has 0 unspecified atom stereocenters. The number of nitrogens with one attached hydrogen (secondary N) is 1. The summed E-state index contributed by atoms with van der Waals surface area (Å²) in [6.07, 6.45) is 0. The number of hydrogen-bond donors (Lipinski definition) is 2. The SMILES string of the molecule is CCOc1cc(CNCC(=O)O)cc(Br)c1OCc1ccccc1C. The van der Waals surface area contributed by atoms with Crippen LogP contribution in [-0.4, -0.2) is 24.2 Å². The Labute approximate surface area is 156 Å². The number of carboxylic acids is 1. The highest BCUT2D eigenvalue weighted by molar-refractivity contribution is 9.10. The Morgan fingerprint density at radius 1 is 1.24 bits per heavy atom. The molecule has 2 aromatic rings. The number of hydrogen-bond acceptors (Lipinski definition) is 4. The van der Waals surface area contributed by atoms with Gasteiger partial charge in [-0.15, -0.1) is 0 Å². The first-order chi connectivity index (χ1) is 12.0. The molecule has 0 radical (unpaired) electrons. The minimum Gasteiger partial charge on any atom is -0.490 e. The maximum Gasteiger partial charge on any atom is 0.317 e. The van der Waals surface area contributed by atoms with E-state index in [9.17, 15) is 4.79 Å². The normalized spacial score (nSPS) is 10.5. The van der Waals surface area contributed by atoms with Gasteiger partial charge in [-0.1, -0.05) is 24.3 Å². The van der Waals surface area contributed by atoms with Crippen LogP contribution in [0.25, 0.3) is 0 Å². The second-order valence-electron chi connectivity index (χ2n) is 5.55. The molecule has 0 aliphatic rings. The summed E-state index contributed by atoms with van der Waals surface area (Å²) in [4.78, 5) is 10.6. The van der Waals surface area contributed by atoms with E-state index in [-0.39, 0.29) is 6.54 Å². The van der Waals surface area contributed by atoms with Crippen molar-refractivity contribution < 1.29 is 19.4 Å². The predicted octanol–water partition coefficient (Wildman–Crippen LogP) is 3.91. The molecule has 0 spiro atoms. The number of halogens is 1. The van der Waals surface area contributed by atoms with E-state index in [4.69, 9.17) is 14.6 Å². The van der Waals surface area contributed by atoms with E-state index in [0.717, 1.165) is 15.6 Å². The topological polar surface area (TPSA) is 67.8 Å². The molecule has 2 N–H and O–H groups in total. The smallest absolute Gasteiger partial charge is 0.317 e. The van der Waals surface area contributed by atoms with Gasteiger partial charge in [-0.25, -0.2) is 0 Å². The minimum absolute atomic E-state index is 0.0902. The fourth-order valence-electron chi connectivity index (χ4n) is 2.36. The van der Waals surface area contributed by atoms with Gasteiger partial charge in [0.05, 0.1) is 17.6 Å². The number of aryl methyl sites for hydroxylation is 1. The van der Waals surface area contributed by atoms with Gasteiger partial charge in [0.15, 0.2) is 11.5 Å². The van der Waals surface area contributed by atoms with Gasteiger partial charge in [-0.2, -0.15) is 0 Å². The van der Waals surface area contributed by atoms with Crippen molar-refractivity contribution in [1.82, 2.24) is 5.32 Å². The van der Waals surface area contributed by atoms with Crippen molar-refractivity contribution in [2.24, 2.45) is 0 Å². The van der Waals surface area contributed by atoms with Crippen LogP contribution in [0, 0.1) is 6.92 Å². The van der Waals surface area contributed by atoms with E-state index in [2.05, 4.69) is 34.2 Å². The number of rotatable bonds is 9. The first-order valence-corrected chi connectivity index (χ1v) is 8.85. The lowest BCUT2D eigenvalue weighted by Gasteiger charge is -2.16. The first-order valence-electron chi connectivity index (χ1n) is 8.06. The maximum absolute atomic E-state index is 10.6. The highest BCUT2D eigenvalue weighted by Gasteiger charge is 2.13. The molecular weight excluding hydrogens is 386 g/mol. The van der Waals surface area contributed by atoms with Crippen molar-refractivity contribution in [3.8, 4) is 11.5 Å². The summed E-state index contributed by atoms with van der Waals surface area (Å²) in [6.45, 7) is 5.26. The Kier molecular flexibility index (Phi) is 7.28. The molecule has 0 saturated carbocycles. The molecule has 0 aliphatic carbocycles. The lowest BCUT2D eigenvalue weighted by molar-refractivity contribution is -0.135. The van der Waals surface area contributed by atoms with Crippen molar-refractivity contribution in [1.29, 1.82) is 0 Å². The number of carboxylic acid groups (broad SMARTS) is 1. The largest absolute Gasteiger partial charge is 0.490 e. The quantitative estimate of drug-likeness (QED) is 0.659. The number of ether oxygens (including phenoxy) is 2. The summed E-state index contributed by atoms with van der Waals surface area (Å²) >= 11 is 3.53. The highest BCUT2D eigenvalue weighted by Crippen LogP contribution is 2.37. The average molecular weight is 408 g/mol. The van der Waals surface area contributed by atoms with Gasteiger partial charge in [-0.3, -0.25) is 4.79 Å². The Hall–Kier alpha value is -2.05. The predicted molar refractivity (Wildman–Crippen MR) is 100 cm³/mol. The third-order valence-corrected chi connectivity index (χ3v) is 4.20. The number of carbonyl (C=O) groups is 1. The summed E-state index contributed by atoms with van der Waals surface area (Å²) < 4.78 is 12.5. The molecule has 0 amide bonds. The van der Waals surface area contributed by atoms with Crippen molar-refractivity contribution >= 4 is 21.9 Å². The number of aliphatic carboxylic acids is 1. The van der Waals surface area contributed by atoms with Crippen LogP contribution in [0.15, 0.2) is 40.9 Å². The monoisotopic (exact) mass is 407 g/mol. The van der Waals surface area contributed by atoms with Gasteiger partial charge in [0.25, 0.3) is 0 Å². The third kappa shape index (κ3) is 5.76. The van der Waals surface area contributed by atoms with Gasteiger partial charge >= 0.3 is 5.97 Å². The van der Waals surface area contributed by atoms with Crippen LogP contribution in [-0.2, 0) is 17.9 Å². The summed E-state index contributed by atoms with van der Waals surface area (Å²) in [5.41, 5.74) is 3.20. The first kappa shape index (κ1) is 19.3. The maximum atomic E-state index is 10.6. The summed E-state index contributed by atoms with van der Waals surface area (Å²) in [5.74, 6) is 0.395. The van der Waals surface area contributed by atoms with Crippen molar-refractivity contribution in [2.45, 2.75) is 27.0 Å². The molecule has 2 aromatic carbocycles. The molecule has 0 saturated heterocycles. The Bertz CT molecular complexity index is 733. The molecule has 6 heteroatoms. The molecule has 0 atom stereocenters. The number of benzene rings is 2. The van der Waals surface area contributed by atoms with Crippen LogP contribution in [0.3, 0.4) is 0 Å². The minimum atomic E-state index is -0.887. The fraction of sp³-hybridized carbons (Fsp3) is 0.316. The van der Waals surface area contributed by atoms with Gasteiger partial charge in [0.2, 0.25) is 0 Å². The van der Waals surface area contributed by atoms with Crippen LogP contribution in [0.1, 0.15) is 23.6 Å². The van der Waals surface area contributed by atoms with E-state index in [1.807, 2.05) is 37.3 Å². The van der Waals surface area contributed by atoms with E-state index < -0.39 is 5.97 Å². The van der Waals surface area contributed by atoms with Gasteiger partial charge in [0, 0.05) is 6.54 Å². The molecule has 5 nitrogen and oxygen atoms in total.